The van der Waals surface area contributed by atoms with Gasteiger partial charge in [-0.1, -0.05) is 23.7 Å². The summed E-state index contributed by atoms with van der Waals surface area (Å²) >= 11 is 5.88. The number of benzene rings is 1. The molecule has 2 rings (SSSR count). The summed E-state index contributed by atoms with van der Waals surface area (Å²) in [6, 6.07) is 8.98. The minimum atomic E-state index is -0.612. The molecule has 2 aromatic rings. The van der Waals surface area contributed by atoms with Gasteiger partial charge in [-0.3, -0.25) is 0 Å². The monoisotopic (exact) mass is 280 g/mol. The van der Waals surface area contributed by atoms with E-state index in [2.05, 4.69) is 15.0 Å². The second-order valence-electron chi connectivity index (χ2n) is 3.65. The van der Waals surface area contributed by atoms with Crippen LogP contribution in [-0.4, -0.2) is 18.1 Å². The van der Waals surface area contributed by atoms with Gasteiger partial charge in [-0.05, 0) is 24.3 Å². The minimum Gasteiger partial charge on any atom is -0.464 e. The average molecular weight is 281 g/mol. The number of esters is 1. The molecule has 0 amide bonds. The van der Waals surface area contributed by atoms with Gasteiger partial charge in [-0.15, -0.1) is 0 Å². The number of aromatic nitrogens is 1. The molecule has 0 aliphatic heterocycles. The average Bonchev–Trinajstić information content (AvgIpc) is 2.40. The van der Waals surface area contributed by atoms with Crippen LogP contribution in [0.1, 0.15) is 10.5 Å². The van der Waals surface area contributed by atoms with E-state index in [1.165, 1.54) is 25.3 Å². The molecule has 0 saturated heterocycles. The first-order chi connectivity index (χ1) is 9.10. The maximum Gasteiger partial charge on any atom is 0.356 e. The largest absolute Gasteiger partial charge is 0.464 e. The van der Waals surface area contributed by atoms with E-state index < -0.39 is 11.8 Å². The number of para-hydroxylation sites is 1. The predicted octanol–water partition coefficient (Wildman–Crippen LogP) is 3.40. The van der Waals surface area contributed by atoms with Gasteiger partial charge in [0.1, 0.15) is 11.6 Å². The highest BCUT2D eigenvalue weighted by Crippen LogP contribution is 2.21. The summed E-state index contributed by atoms with van der Waals surface area (Å²) < 4.78 is 18.0. The van der Waals surface area contributed by atoms with Crippen molar-refractivity contribution in [2.45, 2.75) is 0 Å². The molecular weight excluding hydrogens is 271 g/mol. The number of nitrogens with zero attached hydrogens (tertiary/aromatic N) is 1. The molecule has 98 valence electrons. The number of halogens is 2. The lowest BCUT2D eigenvalue weighted by Gasteiger charge is -2.08. The molecule has 0 bridgehead atoms. The Morgan fingerprint density at radius 3 is 2.79 bits per heavy atom. The lowest BCUT2D eigenvalue weighted by atomic mass is 10.3. The molecule has 0 aliphatic rings. The smallest absolute Gasteiger partial charge is 0.356 e. The van der Waals surface area contributed by atoms with E-state index in [1.54, 1.807) is 18.2 Å². The van der Waals surface area contributed by atoms with Crippen LogP contribution < -0.4 is 5.32 Å². The zero-order chi connectivity index (χ0) is 13.8. The van der Waals surface area contributed by atoms with E-state index in [0.29, 0.717) is 5.02 Å². The van der Waals surface area contributed by atoms with Crippen LogP contribution in [0.2, 0.25) is 5.02 Å². The molecular formula is C13H10ClFN2O2. The van der Waals surface area contributed by atoms with Gasteiger partial charge in [0.05, 0.1) is 12.8 Å². The molecule has 19 heavy (non-hydrogen) atoms. The Labute approximate surface area is 114 Å². The summed E-state index contributed by atoms with van der Waals surface area (Å²) in [5.41, 5.74) is 0.293. The number of carbonyl (C=O) groups is 1. The zero-order valence-electron chi connectivity index (χ0n) is 9.98. The van der Waals surface area contributed by atoms with Crippen molar-refractivity contribution in [3.8, 4) is 0 Å². The number of ether oxygens (including phenoxy) is 1. The van der Waals surface area contributed by atoms with Gasteiger partial charge in [-0.25, -0.2) is 14.2 Å². The van der Waals surface area contributed by atoms with Crippen molar-refractivity contribution >= 4 is 29.1 Å². The van der Waals surface area contributed by atoms with Gasteiger partial charge < -0.3 is 10.1 Å². The van der Waals surface area contributed by atoms with E-state index in [4.69, 9.17) is 11.6 Å². The molecule has 1 aromatic heterocycles. The van der Waals surface area contributed by atoms with E-state index >= 15 is 0 Å². The van der Waals surface area contributed by atoms with E-state index in [-0.39, 0.29) is 17.2 Å². The normalized spacial score (nSPS) is 10.1. The molecule has 0 radical (unpaired) electrons. The molecule has 0 atom stereocenters. The summed E-state index contributed by atoms with van der Waals surface area (Å²) in [4.78, 5) is 15.4. The third-order valence-electron chi connectivity index (χ3n) is 2.32. The highest BCUT2D eigenvalue weighted by atomic mass is 35.5. The molecule has 0 saturated carbocycles. The summed E-state index contributed by atoms with van der Waals surface area (Å²) in [7, 11) is 1.24. The van der Waals surface area contributed by atoms with E-state index in [0.717, 1.165) is 0 Å². The van der Waals surface area contributed by atoms with Crippen LogP contribution in [0.25, 0.3) is 0 Å². The van der Waals surface area contributed by atoms with Gasteiger partial charge in [0, 0.05) is 5.02 Å². The standard InChI is InChI=1S/C13H10ClFN2O2/c1-19-13(18)11-6-8(14)7-12(17-11)16-10-5-3-2-4-9(10)15/h2-7H,1H3,(H,16,17). The SMILES string of the molecule is COC(=O)c1cc(Cl)cc(Nc2ccccc2F)n1. The van der Waals surface area contributed by atoms with E-state index in [9.17, 15) is 9.18 Å². The number of carbonyl (C=O) groups excluding carboxylic acids is 1. The number of rotatable bonds is 3. The van der Waals surface area contributed by atoms with Gasteiger partial charge in [-0.2, -0.15) is 0 Å². The number of nitrogens with one attached hydrogen (secondary N) is 1. The van der Waals surface area contributed by atoms with Crippen LogP contribution in [0, 0.1) is 5.82 Å². The summed E-state index contributed by atoms with van der Waals surface area (Å²) in [5.74, 6) is -0.777. The van der Waals surface area contributed by atoms with Crippen molar-refractivity contribution in [2.24, 2.45) is 0 Å². The summed E-state index contributed by atoms with van der Waals surface area (Å²) in [5, 5.41) is 3.05. The number of hydrogen-bond donors (Lipinski definition) is 1. The highest BCUT2D eigenvalue weighted by molar-refractivity contribution is 6.31. The molecule has 1 heterocycles. The Kier molecular flexibility index (Phi) is 3.97. The maximum absolute atomic E-state index is 13.5. The second kappa shape index (κ2) is 5.67. The third kappa shape index (κ3) is 3.20. The van der Waals surface area contributed by atoms with Crippen molar-refractivity contribution in [3.05, 3.63) is 52.9 Å². The Bertz CT molecular complexity index is 619. The Balaban J connectivity index is 2.33. The van der Waals surface area contributed by atoms with Crippen LogP contribution >= 0.6 is 11.6 Å². The number of methoxy groups -OCH3 is 1. The van der Waals surface area contributed by atoms with Crippen molar-refractivity contribution < 1.29 is 13.9 Å². The Hall–Kier alpha value is -2.14. The molecule has 1 N–H and O–H groups in total. The van der Waals surface area contributed by atoms with Crippen molar-refractivity contribution in [1.29, 1.82) is 0 Å². The topological polar surface area (TPSA) is 51.2 Å². The van der Waals surface area contributed by atoms with Crippen LogP contribution in [-0.2, 0) is 4.74 Å². The first-order valence-corrected chi connectivity index (χ1v) is 5.75. The Morgan fingerprint density at radius 2 is 2.11 bits per heavy atom. The van der Waals surface area contributed by atoms with Gasteiger partial charge >= 0.3 is 5.97 Å². The molecule has 1 aromatic carbocycles. The number of hydrogen-bond acceptors (Lipinski definition) is 4. The van der Waals surface area contributed by atoms with Gasteiger partial charge in [0.15, 0.2) is 5.69 Å². The lowest BCUT2D eigenvalue weighted by Crippen LogP contribution is -2.06. The molecule has 0 fully saturated rings. The highest BCUT2D eigenvalue weighted by Gasteiger charge is 2.11. The molecule has 4 nitrogen and oxygen atoms in total. The second-order valence-corrected chi connectivity index (χ2v) is 4.09. The summed E-state index contributed by atoms with van der Waals surface area (Å²) in [6.07, 6.45) is 0. The molecule has 0 spiro atoms. The quantitative estimate of drug-likeness (QED) is 0.876. The Morgan fingerprint density at radius 1 is 1.37 bits per heavy atom. The van der Waals surface area contributed by atoms with Gasteiger partial charge in [0.25, 0.3) is 0 Å². The van der Waals surface area contributed by atoms with Crippen LogP contribution in [0.3, 0.4) is 0 Å². The van der Waals surface area contributed by atoms with Gasteiger partial charge in [0.2, 0.25) is 0 Å². The number of pyridine rings is 1. The number of anilines is 2. The fraction of sp³-hybridized carbons (Fsp3) is 0.0769. The van der Waals surface area contributed by atoms with Crippen molar-refractivity contribution in [2.75, 3.05) is 12.4 Å². The zero-order valence-corrected chi connectivity index (χ0v) is 10.7. The maximum atomic E-state index is 13.5. The lowest BCUT2D eigenvalue weighted by molar-refractivity contribution is 0.0594. The predicted molar refractivity (Wildman–Crippen MR) is 70.3 cm³/mol. The first-order valence-electron chi connectivity index (χ1n) is 5.37. The van der Waals surface area contributed by atoms with Crippen LogP contribution in [0.15, 0.2) is 36.4 Å². The van der Waals surface area contributed by atoms with E-state index in [1.807, 2.05) is 0 Å². The minimum absolute atomic E-state index is 0.0499. The first kappa shape index (κ1) is 13.3. The molecule has 0 aliphatic carbocycles. The third-order valence-corrected chi connectivity index (χ3v) is 2.54. The van der Waals surface area contributed by atoms with Crippen molar-refractivity contribution in [3.63, 3.8) is 0 Å². The molecule has 0 unspecified atom stereocenters. The fourth-order valence-corrected chi connectivity index (χ4v) is 1.68. The van der Waals surface area contributed by atoms with Crippen molar-refractivity contribution in [1.82, 2.24) is 4.98 Å². The van der Waals surface area contributed by atoms with Crippen LogP contribution in [0.5, 0.6) is 0 Å². The fourth-order valence-electron chi connectivity index (χ4n) is 1.47. The summed E-state index contributed by atoms with van der Waals surface area (Å²) in [6.45, 7) is 0. The molecule has 6 heteroatoms. The van der Waals surface area contributed by atoms with Crippen LogP contribution in [0.4, 0.5) is 15.9 Å².